The van der Waals surface area contributed by atoms with Crippen molar-refractivity contribution in [3.8, 4) is 5.75 Å². The van der Waals surface area contributed by atoms with E-state index >= 15 is 0 Å². The highest BCUT2D eigenvalue weighted by Crippen LogP contribution is 2.38. The number of likely N-dealkylation sites (N-methyl/N-ethyl adjacent to an activating group) is 1. The van der Waals surface area contributed by atoms with Gasteiger partial charge in [-0.15, -0.1) is 0 Å². The van der Waals surface area contributed by atoms with E-state index in [1.165, 1.54) is 4.90 Å². The van der Waals surface area contributed by atoms with Gasteiger partial charge in [-0.05, 0) is 62.2 Å². The predicted molar refractivity (Wildman–Crippen MR) is 125 cm³/mol. The van der Waals surface area contributed by atoms with Crippen molar-refractivity contribution in [1.29, 1.82) is 0 Å². The minimum atomic E-state index is -0.542. The fourth-order valence-electron chi connectivity index (χ4n) is 4.15. The van der Waals surface area contributed by atoms with Gasteiger partial charge in [-0.25, -0.2) is 4.79 Å². The highest BCUT2D eigenvalue weighted by molar-refractivity contribution is 6.11. The molecule has 1 aliphatic carbocycles. The number of ketones is 2. The lowest BCUT2D eigenvalue weighted by atomic mass is 9.81. The Balaban J connectivity index is 1.50. The van der Waals surface area contributed by atoms with E-state index in [1.807, 2.05) is 51.1 Å². The Morgan fingerprint density at radius 3 is 2.70 bits per heavy atom. The van der Waals surface area contributed by atoms with Crippen LogP contribution in [0, 0.1) is 0 Å². The lowest BCUT2D eigenvalue weighted by molar-refractivity contribution is -0.130. The van der Waals surface area contributed by atoms with Crippen LogP contribution < -0.4 is 4.74 Å². The van der Waals surface area contributed by atoms with Crippen LogP contribution in [0.1, 0.15) is 51.5 Å². The molecule has 1 amide bonds. The SMILES string of the molecule is CN(CCOc1ccc2c(ccc3occ([C@H]4CCC(=O)CC4=O)c32)c1)C(=O)OC(C)(C)C. The number of benzene rings is 2. The minimum Gasteiger partial charge on any atom is -0.492 e. The first kappa shape index (κ1) is 22.8. The lowest BCUT2D eigenvalue weighted by Crippen LogP contribution is -2.36. The van der Waals surface area contributed by atoms with Gasteiger partial charge < -0.3 is 18.8 Å². The Labute approximate surface area is 192 Å². The summed E-state index contributed by atoms with van der Waals surface area (Å²) < 4.78 is 17.0. The van der Waals surface area contributed by atoms with Gasteiger partial charge >= 0.3 is 6.09 Å². The summed E-state index contributed by atoms with van der Waals surface area (Å²) in [6.45, 7) is 6.20. The Hall–Kier alpha value is -3.35. The molecule has 0 N–H and O–H groups in total. The monoisotopic (exact) mass is 451 g/mol. The van der Waals surface area contributed by atoms with Crippen LogP contribution in [0.4, 0.5) is 4.79 Å². The number of carbonyl (C=O) groups excluding carboxylic acids is 3. The smallest absolute Gasteiger partial charge is 0.410 e. The normalized spacial score (nSPS) is 16.9. The van der Waals surface area contributed by atoms with Crippen LogP contribution in [0.3, 0.4) is 0 Å². The molecule has 1 atom stereocenters. The van der Waals surface area contributed by atoms with Gasteiger partial charge in [-0.1, -0.05) is 6.07 Å². The number of rotatable bonds is 5. The first-order valence-electron chi connectivity index (χ1n) is 11.2. The fraction of sp³-hybridized carbons (Fsp3) is 0.423. The van der Waals surface area contributed by atoms with E-state index in [1.54, 1.807) is 13.3 Å². The average molecular weight is 452 g/mol. The predicted octanol–water partition coefficient (Wildman–Crippen LogP) is 5.24. The number of nitrogens with zero attached hydrogens (tertiary/aromatic N) is 1. The molecule has 0 unspecified atom stereocenters. The zero-order valence-corrected chi connectivity index (χ0v) is 19.5. The molecule has 0 saturated heterocycles. The third-order valence-corrected chi connectivity index (χ3v) is 5.80. The molecule has 0 aliphatic heterocycles. The van der Waals surface area contributed by atoms with Crippen LogP contribution in [-0.2, 0) is 14.3 Å². The van der Waals surface area contributed by atoms with Gasteiger partial charge in [0, 0.05) is 30.3 Å². The molecule has 1 aliphatic rings. The Kier molecular flexibility index (Phi) is 6.15. The molecule has 4 rings (SSSR count). The van der Waals surface area contributed by atoms with Crippen molar-refractivity contribution in [2.24, 2.45) is 0 Å². The summed E-state index contributed by atoms with van der Waals surface area (Å²) >= 11 is 0. The number of Topliss-reactive ketones (excluding diaryl/α,β-unsaturated/α-hetero) is 2. The molecule has 3 aromatic rings. The highest BCUT2D eigenvalue weighted by atomic mass is 16.6. The van der Waals surface area contributed by atoms with E-state index in [9.17, 15) is 14.4 Å². The Morgan fingerprint density at radius 2 is 1.97 bits per heavy atom. The molecule has 174 valence electrons. The molecule has 1 aromatic heterocycles. The molecule has 7 nitrogen and oxygen atoms in total. The number of ether oxygens (including phenoxy) is 2. The average Bonchev–Trinajstić information content (AvgIpc) is 3.16. The number of hydrogen-bond donors (Lipinski definition) is 0. The van der Waals surface area contributed by atoms with E-state index in [-0.39, 0.29) is 23.9 Å². The first-order chi connectivity index (χ1) is 15.6. The molecular weight excluding hydrogens is 422 g/mol. The molecule has 1 fully saturated rings. The van der Waals surface area contributed by atoms with Crippen molar-refractivity contribution >= 4 is 39.4 Å². The van der Waals surface area contributed by atoms with Gasteiger partial charge in [0.1, 0.15) is 35.1 Å². The van der Waals surface area contributed by atoms with E-state index in [4.69, 9.17) is 13.9 Å². The number of fused-ring (bicyclic) bond motifs is 3. The first-order valence-corrected chi connectivity index (χ1v) is 11.2. The number of hydrogen-bond acceptors (Lipinski definition) is 6. The maximum atomic E-state index is 12.5. The van der Waals surface area contributed by atoms with E-state index in [0.29, 0.717) is 31.7 Å². The van der Waals surface area contributed by atoms with E-state index in [0.717, 1.165) is 27.3 Å². The summed E-state index contributed by atoms with van der Waals surface area (Å²) in [4.78, 5) is 37.7. The number of furan rings is 1. The zero-order valence-electron chi connectivity index (χ0n) is 19.5. The van der Waals surface area contributed by atoms with Gasteiger partial charge in [0.05, 0.1) is 19.2 Å². The molecule has 33 heavy (non-hydrogen) atoms. The molecule has 0 radical (unpaired) electrons. The summed E-state index contributed by atoms with van der Waals surface area (Å²) in [6, 6.07) is 9.61. The molecular formula is C26H29NO6. The Bertz CT molecular complexity index is 1220. The number of carbonyl (C=O) groups is 3. The molecule has 0 bridgehead atoms. The maximum Gasteiger partial charge on any atom is 0.410 e. The van der Waals surface area contributed by atoms with Gasteiger partial charge in [-0.2, -0.15) is 0 Å². The lowest BCUT2D eigenvalue weighted by Gasteiger charge is -2.24. The van der Waals surface area contributed by atoms with Gasteiger partial charge in [0.15, 0.2) is 0 Å². The summed E-state index contributed by atoms with van der Waals surface area (Å²) in [5.74, 6) is 0.339. The van der Waals surface area contributed by atoms with Crippen molar-refractivity contribution in [2.75, 3.05) is 20.2 Å². The van der Waals surface area contributed by atoms with Crippen LogP contribution in [0.2, 0.25) is 0 Å². The topological polar surface area (TPSA) is 86.0 Å². The molecule has 7 heteroatoms. The molecule has 0 spiro atoms. The standard InChI is InChI=1S/C26H29NO6/c1-26(2,3)33-25(30)27(4)11-12-31-18-7-9-19-16(13-18)5-10-23-24(19)21(15-32-23)20-8-6-17(28)14-22(20)29/h5,7,9-10,13,15,20H,6,8,11-12,14H2,1-4H3/t20-/m1/s1. The van der Waals surface area contributed by atoms with Crippen LogP contribution in [0.15, 0.2) is 41.0 Å². The summed E-state index contributed by atoms with van der Waals surface area (Å²) in [6.07, 6.45) is 2.20. The van der Waals surface area contributed by atoms with Gasteiger partial charge in [-0.3, -0.25) is 9.59 Å². The second-order valence-electron chi connectivity index (χ2n) is 9.54. The van der Waals surface area contributed by atoms with Gasteiger partial charge in [0.2, 0.25) is 0 Å². The maximum absolute atomic E-state index is 12.5. The molecule has 1 heterocycles. The van der Waals surface area contributed by atoms with Crippen LogP contribution in [0.25, 0.3) is 21.7 Å². The van der Waals surface area contributed by atoms with Crippen molar-refractivity contribution in [3.05, 3.63) is 42.2 Å². The summed E-state index contributed by atoms with van der Waals surface area (Å²) in [5, 5.41) is 2.85. The van der Waals surface area contributed by atoms with Crippen molar-refractivity contribution in [2.45, 2.75) is 51.6 Å². The van der Waals surface area contributed by atoms with Crippen molar-refractivity contribution in [1.82, 2.24) is 4.90 Å². The van der Waals surface area contributed by atoms with Gasteiger partial charge in [0.25, 0.3) is 0 Å². The minimum absolute atomic E-state index is 0.00215. The number of amides is 1. The third-order valence-electron chi connectivity index (χ3n) is 5.80. The van der Waals surface area contributed by atoms with E-state index < -0.39 is 11.7 Å². The third kappa shape index (κ3) is 5.02. The van der Waals surface area contributed by atoms with E-state index in [2.05, 4.69) is 0 Å². The van der Waals surface area contributed by atoms with Crippen LogP contribution >= 0.6 is 0 Å². The second kappa shape index (κ2) is 8.89. The van der Waals surface area contributed by atoms with Crippen LogP contribution in [-0.4, -0.2) is 48.4 Å². The molecule has 1 saturated carbocycles. The largest absolute Gasteiger partial charge is 0.492 e. The van der Waals surface area contributed by atoms with Crippen molar-refractivity contribution in [3.63, 3.8) is 0 Å². The van der Waals surface area contributed by atoms with Crippen molar-refractivity contribution < 1.29 is 28.3 Å². The summed E-state index contributed by atoms with van der Waals surface area (Å²) in [7, 11) is 1.68. The molecule has 2 aromatic carbocycles. The zero-order chi connectivity index (χ0) is 23.8. The fourth-order valence-corrected chi connectivity index (χ4v) is 4.15. The van der Waals surface area contributed by atoms with Crippen LogP contribution in [0.5, 0.6) is 5.75 Å². The second-order valence-corrected chi connectivity index (χ2v) is 9.54. The highest BCUT2D eigenvalue weighted by Gasteiger charge is 2.31. The Morgan fingerprint density at radius 1 is 1.18 bits per heavy atom. The summed E-state index contributed by atoms with van der Waals surface area (Å²) in [5.41, 5.74) is 1.02. The quantitative estimate of drug-likeness (QED) is 0.493.